The van der Waals surface area contributed by atoms with Gasteiger partial charge < -0.3 is 25.0 Å². The number of hydrogen-bond donors (Lipinski definition) is 2. The number of nitrogens with zero attached hydrogens (tertiary/aromatic N) is 4. The Morgan fingerprint density at radius 3 is 2.31 bits per heavy atom. The van der Waals surface area contributed by atoms with Crippen LogP contribution in [0.25, 0.3) is 5.69 Å². The van der Waals surface area contributed by atoms with Crippen LogP contribution in [0.3, 0.4) is 0 Å². The van der Waals surface area contributed by atoms with Crippen molar-refractivity contribution in [2.75, 3.05) is 28.2 Å². The molecule has 0 unspecified atom stereocenters. The highest BCUT2D eigenvalue weighted by Crippen LogP contribution is 2.44. The topological polar surface area (TPSA) is 65.4 Å². The van der Waals surface area contributed by atoms with Gasteiger partial charge in [0.15, 0.2) is 5.11 Å². The summed E-state index contributed by atoms with van der Waals surface area (Å²) in [5.41, 5.74) is 9.56. The van der Waals surface area contributed by atoms with Crippen LogP contribution in [0.2, 0.25) is 0 Å². The molecule has 5 rings (SSSR count). The van der Waals surface area contributed by atoms with Crippen LogP contribution in [-0.4, -0.2) is 33.7 Å². The second kappa shape index (κ2) is 12.4. The van der Waals surface area contributed by atoms with Gasteiger partial charge in [-0.2, -0.15) is 0 Å². The highest BCUT2D eigenvalue weighted by atomic mass is 32.1. The number of anilines is 3. The van der Waals surface area contributed by atoms with Crippen LogP contribution < -0.4 is 20.4 Å². The Balaban J connectivity index is 1.59. The zero-order chi connectivity index (χ0) is 30.0. The molecule has 0 saturated carbocycles. The second-order valence-corrected chi connectivity index (χ2v) is 11.1. The largest absolute Gasteiger partial charge is 0.372 e. The van der Waals surface area contributed by atoms with Gasteiger partial charge in [0, 0.05) is 59.8 Å². The van der Waals surface area contributed by atoms with Crippen molar-refractivity contribution in [3.63, 3.8) is 0 Å². The van der Waals surface area contributed by atoms with E-state index in [9.17, 15) is 4.79 Å². The monoisotopic (exact) mass is 580 g/mol. The third-order valence-corrected chi connectivity index (χ3v) is 8.52. The van der Waals surface area contributed by atoms with Crippen LogP contribution in [0.4, 0.5) is 17.1 Å². The number of carbonyl (C=O) groups is 1. The van der Waals surface area contributed by atoms with Crippen LogP contribution in [0.5, 0.6) is 0 Å². The zero-order valence-electron chi connectivity index (χ0n) is 25.3. The molecule has 4 aromatic rings. The standard InChI is InChI=1S/C34H40N6OS/c1-7-31(41)36-29-18-17-27(20-22(29)4)40-33(32(37-34(40)42)30-12-10-11-19-35-30)28-21-23(5)39(24(28)6)26-15-13-25(14-16-26)38(8-2)9-3/h10-21,32-33H,7-9H2,1-6H3,(H,36,41)(H,37,42)/t32-,33-/m1/s1. The van der Waals surface area contributed by atoms with E-state index in [1.807, 2.05) is 44.3 Å². The van der Waals surface area contributed by atoms with E-state index in [-0.39, 0.29) is 18.0 Å². The van der Waals surface area contributed by atoms with Gasteiger partial charge in [-0.15, -0.1) is 0 Å². The van der Waals surface area contributed by atoms with Crippen molar-refractivity contribution in [2.45, 2.75) is 60.0 Å². The molecule has 218 valence electrons. The van der Waals surface area contributed by atoms with Crippen LogP contribution in [0.1, 0.15) is 67.5 Å². The molecule has 7 nitrogen and oxygen atoms in total. The molecular weight excluding hydrogens is 540 g/mol. The molecule has 2 aromatic heterocycles. The Bertz CT molecular complexity index is 1580. The molecule has 1 aliphatic heterocycles. The Labute approximate surface area is 254 Å². The Morgan fingerprint density at radius 1 is 0.976 bits per heavy atom. The van der Waals surface area contributed by atoms with E-state index in [1.54, 1.807) is 0 Å². The van der Waals surface area contributed by atoms with E-state index in [2.05, 4.69) is 95.2 Å². The molecular formula is C34H40N6OS. The molecule has 3 heterocycles. The summed E-state index contributed by atoms with van der Waals surface area (Å²) in [6.07, 6.45) is 2.26. The molecule has 42 heavy (non-hydrogen) atoms. The van der Waals surface area contributed by atoms with Crippen LogP contribution in [0, 0.1) is 20.8 Å². The number of amides is 1. The van der Waals surface area contributed by atoms with Crippen molar-refractivity contribution >= 4 is 40.3 Å². The summed E-state index contributed by atoms with van der Waals surface area (Å²) in [4.78, 5) is 21.3. The van der Waals surface area contributed by atoms with E-state index in [0.29, 0.717) is 11.5 Å². The van der Waals surface area contributed by atoms with Gasteiger partial charge in [0.1, 0.15) is 0 Å². The summed E-state index contributed by atoms with van der Waals surface area (Å²) in [7, 11) is 0. The van der Waals surface area contributed by atoms with Gasteiger partial charge >= 0.3 is 0 Å². The number of nitrogens with one attached hydrogen (secondary N) is 2. The minimum Gasteiger partial charge on any atom is -0.372 e. The minimum atomic E-state index is -0.141. The van der Waals surface area contributed by atoms with Gasteiger partial charge in [0.25, 0.3) is 0 Å². The fourth-order valence-corrected chi connectivity index (χ4v) is 6.36. The summed E-state index contributed by atoms with van der Waals surface area (Å²) in [6.45, 7) is 14.5. The molecule has 2 atom stereocenters. The first-order valence-electron chi connectivity index (χ1n) is 14.7. The molecule has 2 aromatic carbocycles. The summed E-state index contributed by atoms with van der Waals surface area (Å²) in [6, 6.07) is 22.9. The van der Waals surface area contributed by atoms with Gasteiger partial charge in [0.2, 0.25) is 5.91 Å². The molecule has 1 fully saturated rings. The molecule has 1 amide bonds. The smallest absolute Gasteiger partial charge is 0.224 e. The van der Waals surface area contributed by atoms with Gasteiger partial charge in [-0.3, -0.25) is 9.78 Å². The van der Waals surface area contributed by atoms with Crippen molar-refractivity contribution in [2.24, 2.45) is 0 Å². The number of pyridine rings is 1. The maximum atomic E-state index is 12.1. The third-order valence-electron chi connectivity index (χ3n) is 8.21. The lowest BCUT2D eigenvalue weighted by Crippen LogP contribution is -2.29. The fraction of sp³-hybridized carbons (Fsp3) is 0.324. The average molecular weight is 581 g/mol. The Hall–Kier alpha value is -4.17. The highest BCUT2D eigenvalue weighted by molar-refractivity contribution is 7.80. The SMILES string of the molecule is CCC(=O)Nc1ccc(N2C(=S)N[C@H](c3ccccn3)[C@H]2c2cc(C)n(-c3ccc(N(CC)CC)cc3)c2C)cc1C. The van der Waals surface area contributed by atoms with E-state index in [1.165, 1.54) is 11.3 Å². The lowest BCUT2D eigenvalue weighted by molar-refractivity contribution is -0.115. The molecule has 8 heteroatoms. The second-order valence-electron chi connectivity index (χ2n) is 10.7. The molecule has 0 bridgehead atoms. The van der Waals surface area contributed by atoms with Crippen molar-refractivity contribution in [3.05, 3.63) is 101 Å². The first-order valence-corrected chi connectivity index (χ1v) is 15.1. The summed E-state index contributed by atoms with van der Waals surface area (Å²) in [5.74, 6) is -0.00475. The van der Waals surface area contributed by atoms with Gasteiger partial charge in [-0.05, 0) is 119 Å². The molecule has 1 saturated heterocycles. The Kier molecular flexibility index (Phi) is 8.64. The summed E-state index contributed by atoms with van der Waals surface area (Å²) in [5, 5.41) is 7.23. The molecule has 0 radical (unpaired) electrons. The maximum absolute atomic E-state index is 12.1. The molecule has 0 spiro atoms. The predicted octanol–water partition coefficient (Wildman–Crippen LogP) is 7.17. The highest BCUT2D eigenvalue weighted by Gasteiger charge is 2.42. The first-order chi connectivity index (χ1) is 20.3. The predicted molar refractivity (Wildman–Crippen MR) is 177 cm³/mol. The minimum absolute atomic E-state index is 0.00475. The van der Waals surface area contributed by atoms with Crippen LogP contribution >= 0.6 is 12.2 Å². The first kappa shape index (κ1) is 29.3. The normalized spacial score (nSPS) is 16.4. The van der Waals surface area contributed by atoms with Crippen molar-refractivity contribution in [3.8, 4) is 5.69 Å². The van der Waals surface area contributed by atoms with Crippen LogP contribution in [0.15, 0.2) is 72.9 Å². The van der Waals surface area contributed by atoms with E-state index in [0.717, 1.165) is 52.8 Å². The average Bonchev–Trinajstić information content (AvgIpc) is 3.50. The number of benzene rings is 2. The van der Waals surface area contributed by atoms with Gasteiger partial charge in [-0.1, -0.05) is 13.0 Å². The maximum Gasteiger partial charge on any atom is 0.224 e. The third kappa shape index (κ3) is 5.51. The number of thiocarbonyl (C=S) groups is 1. The number of rotatable bonds is 9. The molecule has 2 N–H and O–H groups in total. The lowest BCUT2D eigenvalue weighted by atomic mass is 9.96. The van der Waals surface area contributed by atoms with Crippen molar-refractivity contribution in [1.29, 1.82) is 0 Å². The van der Waals surface area contributed by atoms with Gasteiger partial charge in [-0.25, -0.2) is 0 Å². The Morgan fingerprint density at radius 2 is 1.69 bits per heavy atom. The van der Waals surface area contributed by atoms with Crippen LogP contribution in [-0.2, 0) is 4.79 Å². The summed E-state index contributed by atoms with van der Waals surface area (Å²) >= 11 is 5.99. The molecule has 0 aliphatic carbocycles. The number of carbonyl (C=O) groups excluding carboxylic acids is 1. The molecule has 1 aliphatic rings. The quantitative estimate of drug-likeness (QED) is 0.205. The fourth-order valence-electron chi connectivity index (χ4n) is 6.01. The number of aryl methyl sites for hydroxylation is 2. The van der Waals surface area contributed by atoms with E-state index >= 15 is 0 Å². The lowest BCUT2D eigenvalue weighted by Gasteiger charge is -2.29. The van der Waals surface area contributed by atoms with E-state index < -0.39 is 0 Å². The summed E-state index contributed by atoms with van der Waals surface area (Å²) < 4.78 is 2.32. The van der Waals surface area contributed by atoms with Crippen molar-refractivity contribution < 1.29 is 4.79 Å². The van der Waals surface area contributed by atoms with Gasteiger partial charge in [0.05, 0.1) is 17.8 Å². The number of aromatic nitrogens is 2. The zero-order valence-corrected chi connectivity index (χ0v) is 26.1. The van der Waals surface area contributed by atoms with Crippen molar-refractivity contribution in [1.82, 2.24) is 14.9 Å². The van der Waals surface area contributed by atoms with E-state index in [4.69, 9.17) is 17.2 Å². The number of hydrogen-bond acceptors (Lipinski definition) is 4.